The number of nitrogen functional groups attached to an aromatic ring is 1. The van der Waals surface area contributed by atoms with Gasteiger partial charge < -0.3 is 20.1 Å². The van der Waals surface area contributed by atoms with Crippen LogP contribution < -0.4 is 10.6 Å². The summed E-state index contributed by atoms with van der Waals surface area (Å²) in [6.07, 6.45) is 1.93. The van der Waals surface area contributed by atoms with Crippen molar-refractivity contribution in [2.45, 2.75) is 6.42 Å². The van der Waals surface area contributed by atoms with Crippen molar-refractivity contribution in [3.8, 4) is 0 Å². The first kappa shape index (κ1) is 16.1. The first-order valence-corrected chi connectivity index (χ1v) is 6.09. The number of hydrogen-bond acceptors (Lipinski definition) is 8. The molecule has 0 fully saturated rings. The highest BCUT2D eigenvalue weighted by molar-refractivity contribution is 5.68. The number of ether oxygens (including phenoxy) is 2. The summed E-state index contributed by atoms with van der Waals surface area (Å²) in [4.78, 5) is 19.9. The molecule has 1 rings (SSSR count). The van der Waals surface area contributed by atoms with Gasteiger partial charge in [0.05, 0.1) is 11.5 Å². The Labute approximate surface area is 116 Å². The number of nitro groups is 1. The minimum Gasteiger partial charge on any atom is -0.385 e. The van der Waals surface area contributed by atoms with E-state index in [2.05, 4.69) is 9.97 Å². The van der Waals surface area contributed by atoms with Crippen molar-refractivity contribution >= 4 is 17.3 Å². The van der Waals surface area contributed by atoms with Crippen LogP contribution >= 0.6 is 0 Å². The molecular formula is C11H19N5O4. The molecule has 20 heavy (non-hydrogen) atoms. The molecule has 0 aliphatic heterocycles. The van der Waals surface area contributed by atoms with Gasteiger partial charge in [0, 0.05) is 33.9 Å². The van der Waals surface area contributed by atoms with Gasteiger partial charge in [-0.1, -0.05) is 0 Å². The maximum absolute atomic E-state index is 11.1. The van der Waals surface area contributed by atoms with E-state index in [0.29, 0.717) is 32.7 Å². The molecular weight excluding hydrogens is 266 g/mol. The Kier molecular flexibility index (Phi) is 6.60. The molecule has 0 aromatic carbocycles. The molecule has 1 aromatic heterocycles. The fraction of sp³-hybridized carbons (Fsp3) is 0.636. The largest absolute Gasteiger partial charge is 0.385 e. The monoisotopic (exact) mass is 285 g/mol. The van der Waals surface area contributed by atoms with Crippen LogP contribution in [0.15, 0.2) is 6.33 Å². The van der Waals surface area contributed by atoms with Gasteiger partial charge in [0.15, 0.2) is 0 Å². The van der Waals surface area contributed by atoms with Crippen LogP contribution in [0.3, 0.4) is 0 Å². The summed E-state index contributed by atoms with van der Waals surface area (Å²) in [5.74, 6) is 0.0600. The van der Waals surface area contributed by atoms with Crippen LogP contribution in [-0.4, -0.2) is 55.4 Å². The van der Waals surface area contributed by atoms with Crippen molar-refractivity contribution in [3.63, 3.8) is 0 Å². The van der Waals surface area contributed by atoms with E-state index in [1.165, 1.54) is 6.33 Å². The Morgan fingerprint density at radius 1 is 1.30 bits per heavy atom. The van der Waals surface area contributed by atoms with Crippen molar-refractivity contribution in [2.24, 2.45) is 0 Å². The van der Waals surface area contributed by atoms with Gasteiger partial charge in [-0.2, -0.15) is 0 Å². The molecule has 0 amide bonds. The zero-order valence-corrected chi connectivity index (χ0v) is 11.6. The highest BCUT2D eigenvalue weighted by Gasteiger charge is 2.25. The molecule has 2 N–H and O–H groups in total. The highest BCUT2D eigenvalue weighted by Crippen LogP contribution is 2.29. The minimum atomic E-state index is -0.569. The predicted molar refractivity (Wildman–Crippen MR) is 73.7 cm³/mol. The van der Waals surface area contributed by atoms with Crippen LogP contribution in [0.2, 0.25) is 0 Å². The van der Waals surface area contributed by atoms with Crippen molar-refractivity contribution < 1.29 is 14.4 Å². The number of methoxy groups -OCH3 is 2. The van der Waals surface area contributed by atoms with E-state index in [0.717, 1.165) is 0 Å². The van der Waals surface area contributed by atoms with E-state index in [1.807, 2.05) is 0 Å². The Morgan fingerprint density at radius 2 is 2.00 bits per heavy atom. The molecule has 0 atom stereocenters. The molecule has 0 spiro atoms. The quantitative estimate of drug-likeness (QED) is 0.395. The zero-order chi connectivity index (χ0) is 15.0. The molecule has 1 aromatic rings. The fourth-order valence-corrected chi connectivity index (χ4v) is 1.71. The third kappa shape index (κ3) is 4.28. The van der Waals surface area contributed by atoms with Crippen molar-refractivity contribution in [1.29, 1.82) is 0 Å². The topological polar surface area (TPSA) is 117 Å². The van der Waals surface area contributed by atoms with Crippen LogP contribution in [0.25, 0.3) is 0 Å². The van der Waals surface area contributed by atoms with Crippen LogP contribution in [-0.2, 0) is 9.47 Å². The summed E-state index contributed by atoms with van der Waals surface area (Å²) in [6, 6.07) is 0. The summed E-state index contributed by atoms with van der Waals surface area (Å²) in [5, 5.41) is 11.1. The average molecular weight is 285 g/mol. The van der Waals surface area contributed by atoms with Crippen LogP contribution in [0.5, 0.6) is 0 Å². The van der Waals surface area contributed by atoms with Gasteiger partial charge in [-0.15, -0.1) is 0 Å². The normalized spacial score (nSPS) is 10.5. The van der Waals surface area contributed by atoms with Gasteiger partial charge in [0.25, 0.3) is 0 Å². The van der Waals surface area contributed by atoms with Crippen molar-refractivity contribution in [2.75, 3.05) is 51.2 Å². The molecule has 9 heteroatoms. The maximum Gasteiger partial charge on any atom is 0.353 e. The Balaban J connectivity index is 2.99. The van der Waals surface area contributed by atoms with Crippen LogP contribution in [0.4, 0.5) is 17.3 Å². The van der Waals surface area contributed by atoms with Gasteiger partial charge in [-0.25, -0.2) is 9.97 Å². The SMILES string of the molecule is COCCCN(CCOC)c1ncnc(N)c1[N+](=O)[O-]. The molecule has 0 saturated heterocycles. The average Bonchev–Trinajstić information content (AvgIpc) is 2.42. The lowest BCUT2D eigenvalue weighted by Crippen LogP contribution is -2.30. The van der Waals surface area contributed by atoms with E-state index in [-0.39, 0.29) is 17.3 Å². The number of nitrogens with zero attached hydrogens (tertiary/aromatic N) is 4. The lowest BCUT2D eigenvalue weighted by atomic mass is 10.3. The summed E-state index contributed by atoms with van der Waals surface area (Å²) < 4.78 is 10.00. The first-order valence-electron chi connectivity index (χ1n) is 6.09. The van der Waals surface area contributed by atoms with Crippen molar-refractivity contribution in [3.05, 3.63) is 16.4 Å². The first-order chi connectivity index (χ1) is 9.61. The van der Waals surface area contributed by atoms with E-state index in [4.69, 9.17) is 15.2 Å². The molecule has 0 saturated carbocycles. The lowest BCUT2D eigenvalue weighted by Gasteiger charge is -2.22. The lowest BCUT2D eigenvalue weighted by molar-refractivity contribution is -0.383. The predicted octanol–water partition coefficient (Wildman–Crippen LogP) is 0.456. The van der Waals surface area contributed by atoms with Gasteiger partial charge >= 0.3 is 5.69 Å². The molecule has 0 aliphatic carbocycles. The maximum atomic E-state index is 11.1. The molecule has 0 radical (unpaired) electrons. The van der Waals surface area contributed by atoms with Gasteiger partial charge in [-0.05, 0) is 6.42 Å². The number of aromatic nitrogens is 2. The summed E-state index contributed by atoms with van der Waals surface area (Å²) in [7, 11) is 3.17. The molecule has 9 nitrogen and oxygen atoms in total. The Bertz CT molecular complexity index is 443. The molecule has 0 bridgehead atoms. The third-order valence-electron chi connectivity index (χ3n) is 2.66. The number of anilines is 2. The van der Waals surface area contributed by atoms with E-state index in [1.54, 1.807) is 19.1 Å². The minimum absolute atomic E-state index is 0.144. The standard InChI is InChI=1S/C11H19N5O4/c1-19-6-3-4-15(5-7-20-2)11-9(16(17)18)10(12)13-8-14-11/h8H,3-7H2,1-2H3,(H2,12,13,14). The molecule has 112 valence electrons. The molecule has 1 heterocycles. The van der Waals surface area contributed by atoms with E-state index in [9.17, 15) is 10.1 Å². The molecule has 0 aliphatic rings. The Morgan fingerprint density at radius 3 is 2.60 bits per heavy atom. The summed E-state index contributed by atoms with van der Waals surface area (Å²) >= 11 is 0. The van der Waals surface area contributed by atoms with Crippen LogP contribution in [0.1, 0.15) is 6.42 Å². The molecule has 0 unspecified atom stereocenters. The van der Waals surface area contributed by atoms with E-state index >= 15 is 0 Å². The second-order valence-corrected chi connectivity index (χ2v) is 4.01. The van der Waals surface area contributed by atoms with Crippen molar-refractivity contribution in [1.82, 2.24) is 9.97 Å². The highest BCUT2D eigenvalue weighted by atomic mass is 16.6. The Hall–Kier alpha value is -2.00. The fourth-order valence-electron chi connectivity index (χ4n) is 1.71. The number of nitrogens with two attached hydrogens (primary N) is 1. The number of rotatable bonds is 9. The second kappa shape index (κ2) is 8.23. The second-order valence-electron chi connectivity index (χ2n) is 4.01. The summed E-state index contributed by atoms with van der Waals surface area (Å²) in [6.45, 7) is 2.00. The zero-order valence-electron chi connectivity index (χ0n) is 11.6. The van der Waals surface area contributed by atoms with Gasteiger partial charge in [-0.3, -0.25) is 10.1 Å². The summed E-state index contributed by atoms with van der Waals surface area (Å²) in [5.41, 5.74) is 5.29. The van der Waals surface area contributed by atoms with Crippen LogP contribution in [0, 0.1) is 10.1 Å². The third-order valence-corrected chi connectivity index (χ3v) is 2.66. The van der Waals surface area contributed by atoms with Gasteiger partial charge in [0.2, 0.25) is 11.6 Å². The number of hydrogen-bond donors (Lipinski definition) is 1. The van der Waals surface area contributed by atoms with E-state index < -0.39 is 4.92 Å². The van der Waals surface area contributed by atoms with Gasteiger partial charge in [0.1, 0.15) is 6.33 Å². The smallest absolute Gasteiger partial charge is 0.353 e.